The fourth-order valence-corrected chi connectivity index (χ4v) is 5.15. The number of ether oxygens (including phenoxy) is 2. The van der Waals surface area contributed by atoms with Crippen molar-refractivity contribution in [1.82, 2.24) is 19.9 Å². The molecule has 0 radical (unpaired) electrons. The van der Waals surface area contributed by atoms with E-state index in [9.17, 15) is 4.79 Å². The second kappa shape index (κ2) is 9.27. The Morgan fingerprint density at radius 3 is 2.53 bits per heavy atom. The lowest BCUT2D eigenvalue weighted by atomic mass is 10.1. The number of aromatic nitrogens is 3. The first-order chi connectivity index (χ1) is 16.1. The number of thiazole rings is 1. The monoisotopic (exact) mass is 478 g/mol. The molecule has 0 spiro atoms. The predicted molar refractivity (Wildman–Crippen MR) is 136 cm³/mol. The third kappa shape index (κ3) is 4.74. The van der Waals surface area contributed by atoms with E-state index < -0.39 is 0 Å². The first kappa shape index (κ1) is 24.0. The molecular weight excluding hydrogens is 448 g/mol. The molecule has 4 aromatic rings. The summed E-state index contributed by atoms with van der Waals surface area (Å²) in [4.78, 5) is 28.8. The quantitative estimate of drug-likeness (QED) is 0.335. The SMILES string of the molecule is CCN(C(=O)Oc1cc(C)c2nc(-c3cc(C)cc4nc(COC)cnc34)sc2c1)C(C)(C)C. The molecule has 0 aliphatic heterocycles. The number of hydrogen-bond acceptors (Lipinski definition) is 7. The highest BCUT2D eigenvalue weighted by Gasteiger charge is 2.27. The maximum absolute atomic E-state index is 12.8. The molecule has 0 aliphatic carbocycles. The summed E-state index contributed by atoms with van der Waals surface area (Å²) in [5.41, 5.74) is 5.95. The van der Waals surface area contributed by atoms with E-state index in [0.717, 1.165) is 48.6 Å². The van der Waals surface area contributed by atoms with Gasteiger partial charge in [0.05, 0.1) is 39.7 Å². The summed E-state index contributed by atoms with van der Waals surface area (Å²) in [7, 11) is 1.64. The second-order valence-electron chi connectivity index (χ2n) is 9.36. The molecule has 0 aliphatic rings. The van der Waals surface area contributed by atoms with Gasteiger partial charge < -0.3 is 14.4 Å². The van der Waals surface area contributed by atoms with Crippen molar-refractivity contribution in [2.45, 2.75) is 53.7 Å². The summed E-state index contributed by atoms with van der Waals surface area (Å²) < 4.78 is 11.9. The van der Waals surface area contributed by atoms with E-state index in [1.165, 1.54) is 0 Å². The maximum atomic E-state index is 12.8. The molecule has 2 aromatic carbocycles. The van der Waals surface area contributed by atoms with Crippen molar-refractivity contribution in [2.75, 3.05) is 13.7 Å². The predicted octanol–water partition coefficient (Wildman–Crippen LogP) is 6.29. The van der Waals surface area contributed by atoms with Crippen molar-refractivity contribution < 1.29 is 14.3 Å². The van der Waals surface area contributed by atoms with Crippen LogP contribution in [-0.2, 0) is 11.3 Å². The van der Waals surface area contributed by atoms with Crippen LogP contribution in [0, 0.1) is 13.8 Å². The van der Waals surface area contributed by atoms with Crippen molar-refractivity contribution >= 4 is 38.7 Å². The molecular formula is C26H30N4O3S. The van der Waals surface area contributed by atoms with Crippen LogP contribution in [0.5, 0.6) is 5.75 Å². The van der Waals surface area contributed by atoms with Gasteiger partial charge in [-0.15, -0.1) is 11.3 Å². The van der Waals surface area contributed by atoms with Crippen LogP contribution in [0.25, 0.3) is 31.8 Å². The van der Waals surface area contributed by atoms with Gasteiger partial charge in [0.2, 0.25) is 0 Å². The normalized spacial score (nSPS) is 11.9. The number of fused-ring (bicyclic) bond motifs is 2. The number of amides is 1. The van der Waals surface area contributed by atoms with Crippen molar-refractivity contribution in [1.29, 1.82) is 0 Å². The van der Waals surface area contributed by atoms with Gasteiger partial charge in [0.15, 0.2) is 0 Å². The zero-order chi connectivity index (χ0) is 24.6. The Balaban J connectivity index is 1.74. The highest BCUT2D eigenvalue weighted by molar-refractivity contribution is 7.21. The molecule has 2 aromatic heterocycles. The zero-order valence-corrected chi connectivity index (χ0v) is 21.5. The molecule has 1 amide bonds. The molecule has 7 nitrogen and oxygen atoms in total. The number of carbonyl (C=O) groups is 1. The average Bonchev–Trinajstić information content (AvgIpc) is 3.17. The second-order valence-corrected chi connectivity index (χ2v) is 10.4. The molecule has 34 heavy (non-hydrogen) atoms. The number of methoxy groups -OCH3 is 1. The topological polar surface area (TPSA) is 77.4 Å². The molecule has 0 saturated heterocycles. The minimum Gasteiger partial charge on any atom is -0.410 e. The Hall–Kier alpha value is -3.10. The van der Waals surface area contributed by atoms with Crippen LogP contribution in [0.2, 0.25) is 0 Å². The molecule has 0 saturated carbocycles. The number of carbonyl (C=O) groups excluding carboxylic acids is 1. The Morgan fingerprint density at radius 1 is 1.09 bits per heavy atom. The summed E-state index contributed by atoms with van der Waals surface area (Å²) in [6.45, 7) is 12.9. The van der Waals surface area contributed by atoms with Crippen LogP contribution < -0.4 is 4.74 Å². The lowest BCUT2D eigenvalue weighted by Gasteiger charge is -2.33. The van der Waals surface area contributed by atoms with Crippen molar-refractivity contribution in [2.24, 2.45) is 0 Å². The zero-order valence-electron chi connectivity index (χ0n) is 20.7. The maximum Gasteiger partial charge on any atom is 0.415 e. The smallest absolute Gasteiger partial charge is 0.410 e. The molecule has 8 heteroatoms. The first-order valence-electron chi connectivity index (χ1n) is 11.3. The van der Waals surface area contributed by atoms with E-state index >= 15 is 0 Å². The summed E-state index contributed by atoms with van der Waals surface area (Å²) in [5.74, 6) is 0.519. The van der Waals surface area contributed by atoms with E-state index in [4.69, 9.17) is 19.4 Å². The molecule has 178 valence electrons. The Morgan fingerprint density at radius 2 is 1.85 bits per heavy atom. The molecule has 0 fully saturated rings. The van der Waals surface area contributed by atoms with Gasteiger partial charge in [-0.2, -0.15) is 0 Å². The van der Waals surface area contributed by atoms with Crippen molar-refractivity contribution in [3.05, 3.63) is 47.3 Å². The standard InChI is InChI=1S/C26H30N4O3S/c1-8-30(26(4,5)6)25(31)33-18-11-16(3)22-21(12-18)34-24(29-22)19-9-15(2)10-20-23(19)27-13-17(28-20)14-32-7/h9-13H,8,14H2,1-7H3. The van der Waals surface area contributed by atoms with Crippen molar-refractivity contribution in [3.63, 3.8) is 0 Å². The molecule has 0 atom stereocenters. The molecule has 0 bridgehead atoms. The van der Waals surface area contributed by atoms with Gasteiger partial charge in [0.1, 0.15) is 10.8 Å². The van der Waals surface area contributed by atoms with Crippen LogP contribution in [0.15, 0.2) is 30.5 Å². The van der Waals surface area contributed by atoms with E-state index in [-0.39, 0.29) is 11.6 Å². The minimum absolute atomic E-state index is 0.320. The number of rotatable bonds is 5. The van der Waals surface area contributed by atoms with Crippen LogP contribution in [0.3, 0.4) is 0 Å². The van der Waals surface area contributed by atoms with Gasteiger partial charge in [-0.05, 0) is 70.9 Å². The molecule has 2 heterocycles. The number of hydrogen-bond donors (Lipinski definition) is 0. The third-order valence-corrected chi connectivity index (χ3v) is 6.61. The van der Waals surface area contributed by atoms with Crippen LogP contribution >= 0.6 is 11.3 Å². The van der Waals surface area contributed by atoms with Gasteiger partial charge >= 0.3 is 6.09 Å². The van der Waals surface area contributed by atoms with Gasteiger partial charge in [-0.1, -0.05) is 0 Å². The van der Waals surface area contributed by atoms with Crippen LogP contribution in [0.4, 0.5) is 4.79 Å². The van der Waals surface area contributed by atoms with Gasteiger partial charge in [-0.3, -0.25) is 4.98 Å². The lowest BCUT2D eigenvalue weighted by molar-refractivity contribution is 0.111. The van der Waals surface area contributed by atoms with Crippen LogP contribution in [-0.4, -0.2) is 45.1 Å². The van der Waals surface area contributed by atoms with E-state index in [0.29, 0.717) is 18.9 Å². The summed E-state index contributed by atoms with van der Waals surface area (Å²) in [6, 6.07) is 7.86. The Bertz CT molecular complexity index is 1370. The Labute approximate surface area is 203 Å². The summed E-state index contributed by atoms with van der Waals surface area (Å²) in [5, 5.41) is 0.856. The molecule has 4 rings (SSSR count). The largest absolute Gasteiger partial charge is 0.415 e. The number of benzene rings is 2. The highest BCUT2D eigenvalue weighted by Crippen LogP contribution is 2.37. The highest BCUT2D eigenvalue weighted by atomic mass is 32.1. The summed E-state index contributed by atoms with van der Waals surface area (Å²) in [6.07, 6.45) is 1.39. The van der Waals surface area contributed by atoms with Crippen molar-refractivity contribution in [3.8, 4) is 16.3 Å². The Kier molecular flexibility index (Phi) is 6.55. The number of nitrogens with zero attached hydrogens (tertiary/aromatic N) is 4. The van der Waals surface area contributed by atoms with E-state index in [2.05, 4.69) is 11.1 Å². The fourth-order valence-electron chi connectivity index (χ4n) is 4.06. The third-order valence-electron chi connectivity index (χ3n) is 5.57. The minimum atomic E-state index is -0.356. The average molecular weight is 479 g/mol. The first-order valence-corrected chi connectivity index (χ1v) is 12.1. The van der Waals surface area contributed by atoms with E-state index in [1.54, 1.807) is 29.5 Å². The van der Waals surface area contributed by atoms with Gasteiger partial charge in [-0.25, -0.2) is 14.8 Å². The van der Waals surface area contributed by atoms with Gasteiger partial charge in [0.25, 0.3) is 0 Å². The number of aryl methyl sites for hydroxylation is 2. The van der Waals surface area contributed by atoms with E-state index in [1.807, 2.05) is 59.7 Å². The molecule has 0 unspecified atom stereocenters. The van der Waals surface area contributed by atoms with Crippen LogP contribution in [0.1, 0.15) is 44.5 Å². The fraction of sp³-hybridized carbons (Fsp3) is 0.385. The van der Waals surface area contributed by atoms with Gasteiger partial charge in [0, 0.05) is 30.8 Å². The molecule has 0 N–H and O–H groups in total. The summed E-state index contributed by atoms with van der Waals surface area (Å²) >= 11 is 1.56. The lowest BCUT2D eigenvalue weighted by Crippen LogP contribution is -2.46.